The van der Waals surface area contributed by atoms with Crippen molar-refractivity contribution in [1.29, 1.82) is 0 Å². The van der Waals surface area contributed by atoms with Crippen molar-refractivity contribution in [1.82, 2.24) is 0 Å². The molecule has 0 unspecified atom stereocenters. The quantitative estimate of drug-likeness (QED) is 0.779. The fourth-order valence-electron chi connectivity index (χ4n) is 1.40. The molecule has 5 nitrogen and oxygen atoms in total. The largest absolute Gasteiger partial charge is 0.496 e. The van der Waals surface area contributed by atoms with Crippen molar-refractivity contribution in [2.24, 2.45) is 0 Å². The van der Waals surface area contributed by atoms with Crippen molar-refractivity contribution in [3.8, 4) is 5.75 Å². The lowest BCUT2D eigenvalue weighted by Crippen LogP contribution is -2.27. The number of carbonyl (C=O) groups is 1. The third-order valence-electron chi connectivity index (χ3n) is 2.43. The predicted molar refractivity (Wildman–Crippen MR) is 58.1 cm³/mol. The molecule has 0 bridgehead atoms. The molecule has 19 heavy (non-hydrogen) atoms. The lowest BCUT2D eigenvalue weighted by atomic mass is 10.0. The predicted octanol–water partition coefficient (Wildman–Crippen LogP) is 2.10. The van der Waals surface area contributed by atoms with E-state index in [2.05, 4.69) is 9.12 Å². The van der Waals surface area contributed by atoms with Gasteiger partial charge in [0.25, 0.3) is 0 Å². The molecule has 0 radical (unpaired) electrons. The highest BCUT2D eigenvalue weighted by molar-refractivity contribution is 7.87. The highest BCUT2D eigenvalue weighted by Gasteiger charge is 2.51. The Morgan fingerprint density at radius 1 is 1.32 bits per heavy atom. The molecule has 0 heterocycles. The maximum absolute atomic E-state index is 13.7. The Balaban J connectivity index is 3.59. The van der Waals surface area contributed by atoms with Crippen LogP contribution in [-0.2, 0) is 19.8 Å². The van der Waals surface area contributed by atoms with E-state index in [1.807, 2.05) is 0 Å². The number of carbonyl (C=O) groups excluding carboxylic acids is 1. The molecule has 0 aliphatic heterocycles. The number of hydrogen-bond acceptors (Lipinski definition) is 5. The van der Waals surface area contributed by atoms with E-state index in [9.17, 15) is 26.5 Å². The number of aldehydes is 1. The third kappa shape index (κ3) is 2.56. The van der Waals surface area contributed by atoms with Crippen molar-refractivity contribution < 1.29 is 35.6 Å². The minimum Gasteiger partial charge on any atom is -0.496 e. The van der Waals surface area contributed by atoms with Gasteiger partial charge in [-0.25, -0.2) is 0 Å². The number of alkyl halides is 2. The molecule has 0 saturated heterocycles. The number of ether oxygens (including phenoxy) is 1. The second-order valence-electron chi connectivity index (χ2n) is 3.56. The molecule has 106 valence electrons. The first kappa shape index (κ1) is 15.4. The second kappa shape index (κ2) is 5.17. The summed E-state index contributed by atoms with van der Waals surface area (Å²) in [6, 6.07) is 1.65. The molecule has 0 atom stereocenters. The van der Waals surface area contributed by atoms with Gasteiger partial charge in [-0.2, -0.15) is 17.2 Å². The zero-order valence-electron chi connectivity index (χ0n) is 9.82. The number of methoxy groups -OCH3 is 1. The van der Waals surface area contributed by atoms with E-state index in [-0.39, 0.29) is 11.1 Å². The maximum Gasteiger partial charge on any atom is 0.401 e. The molecule has 0 N–H and O–H groups in total. The van der Waals surface area contributed by atoms with Crippen LogP contribution in [0.1, 0.15) is 21.5 Å². The van der Waals surface area contributed by atoms with Crippen LogP contribution < -0.4 is 4.74 Å². The molecule has 0 aliphatic carbocycles. The van der Waals surface area contributed by atoms with Crippen molar-refractivity contribution >= 4 is 16.4 Å². The summed E-state index contributed by atoms with van der Waals surface area (Å²) in [5, 5.41) is -4.65. The Kier molecular flexibility index (Phi) is 4.21. The molecule has 0 aromatic heterocycles. The van der Waals surface area contributed by atoms with Crippen molar-refractivity contribution in [3.05, 3.63) is 28.8 Å². The van der Waals surface area contributed by atoms with Gasteiger partial charge in [0.2, 0.25) is 0 Å². The monoisotopic (exact) mass is 298 g/mol. The average Bonchev–Trinajstić information content (AvgIpc) is 2.38. The lowest BCUT2D eigenvalue weighted by Gasteiger charge is -2.18. The zero-order valence-corrected chi connectivity index (χ0v) is 10.6. The highest BCUT2D eigenvalue weighted by Crippen LogP contribution is 2.41. The van der Waals surface area contributed by atoms with E-state index >= 15 is 0 Å². The van der Waals surface area contributed by atoms with Gasteiger partial charge in [-0.3, -0.25) is 4.79 Å². The van der Waals surface area contributed by atoms with Crippen molar-refractivity contribution in [3.63, 3.8) is 0 Å². The standard InChI is InChI=1S/C10H9F3O5S/c1-6-3-8(9(17-2)4-7(6)5-14)10(11,12)19(15,16)18-13/h3-5H,1-2H3. The number of aryl methyl sites for hydroxylation is 1. The average molecular weight is 298 g/mol. The summed E-state index contributed by atoms with van der Waals surface area (Å²) < 4.78 is 67.8. The maximum atomic E-state index is 13.7. The van der Waals surface area contributed by atoms with Gasteiger partial charge < -0.3 is 4.74 Å². The topological polar surface area (TPSA) is 69.7 Å². The Morgan fingerprint density at radius 3 is 2.32 bits per heavy atom. The van der Waals surface area contributed by atoms with Crippen LogP contribution in [0, 0.1) is 6.92 Å². The minimum absolute atomic E-state index is 0.0370. The van der Waals surface area contributed by atoms with E-state index in [1.54, 1.807) is 0 Å². The molecular formula is C10H9F3O5S. The summed E-state index contributed by atoms with van der Waals surface area (Å²) in [4.78, 5) is 10.7. The van der Waals surface area contributed by atoms with Crippen LogP contribution in [0.25, 0.3) is 0 Å². The molecule has 1 aromatic rings. The summed E-state index contributed by atoms with van der Waals surface area (Å²) in [5.41, 5.74) is -0.995. The summed E-state index contributed by atoms with van der Waals surface area (Å²) >= 11 is 0. The zero-order chi connectivity index (χ0) is 14.8. The van der Waals surface area contributed by atoms with Crippen LogP contribution in [0.4, 0.5) is 13.3 Å². The van der Waals surface area contributed by atoms with Gasteiger partial charge in [0.1, 0.15) is 12.0 Å². The summed E-state index contributed by atoms with van der Waals surface area (Å²) in [6.07, 6.45) is 0.389. The Morgan fingerprint density at radius 2 is 1.89 bits per heavy atom. The number of benzene rings is 1. The van der Waals surface area contributed by atoms with E-state index in [0.29, 0.717) is 6.29 Å². The molecule has 0 spiro atoms. The van der Waals surface area contributed by atoms with Crippen LogP contribution >= 0.6 is 0 Å². The molecule has 1 rings (SSSR count). The van der Waals surface area contributed by atoms with Crippen LogP contribution in [0.3, 0.4) is 0 Å². The van der Waals surface area contributed by atoms with E-state index < -0.39 is 26.7 Å². The van der Waals surface area contributed by atoms with Crippen LogP contribution in [0.5, 0.6) is 5.75 Å². The Hall–Kier alpha value is -1.61. The Bertz CT molecular complexity index is 597. The fraction of sp³-hybridized carbons (Fsp3) is 0.300. The summed E-state index contributed by atoms with van der Waals surface area (Å²) in [5.74, 6) is -0.571. The summed E-state index contributed by atoms with van der Waals surface area (Å²) in [7, 11) is -4.79. The first-order valence-corrected chi connectivity index (χ1v) is 6.19. The van der Waals surface area contributed by atoms with Gasteiger partial charge in [0, 0.05) is 5.56 Å². The molecule has 0 saturated carbocycles. The van der Waals surface area contributed by atoms with E-state index in [1.165, 1.54) is 6.92 Å². The normalized spacial score (nSPS) is 12.3. The van der Waals surface area contributed by atoms with Crippen molar-refractivity contribution in [2.45, 2.75) is 12.2 Å². The minimum atomic E-state index is -5.79. The molecule has 9 heteroatoms. The molecular weight excluding hydrogens is 289 g/mol. The lowest BCUT2D eigenvalue weighted by molar-refractivity contribution is -0.0294. The third-order valence-corrected chi connectivity index (χ3v) is 3.44. The van der Waals surface area contributed by atoms with Crippen LogP contribution in [0.2, 0.25) is 0 Å². The number of rotatable bonds is 5. The number of hydrogen-bond donors (Lipinski definition) is 0. The Labute approximate surface area is 107 Å². The first-order valence-electron chi connectivity index (χ1n) is 4.78. The smallest absolute Gasteiger partial charge is 0.401 e. The molecule has 1 aromatic carbocycles. The van der Waals surface area contributed by atoms with Crippen LogP contribution in [-0.4, -0.2) is 21.8 Å². The summed E-state index contributed by atoms with van der Waals surface area (Å²) in [6.45, 7) is 1.31. The van der Waals surface area contributed by atoms with E-state index in [0.717, 1.165) is 19.2 Å². The van der Waals surface area contributed by atoms with Crippen molar-refractivity contribution in [2.75, 3.05) is 7.11 Å². The number of halogens is 3. The van der Waals surface area contributed by atoms with Gasteiger partial charge in [-0.1, -0.05) is 4.39 Å². The SMILES string of the molecule is COc1cc(C=O)c(C)cc1C(F)(F)S(=O)(=O)OF. The highest BCUT2D eigenvalue weighted by atomic mass is 32.2. The fourth-order valence-corrected chi connectivity index (χ4v) is 1.91. The van der Waals surface area contributed by atoms with Gasteiger partial charge in [0.15, 0.2) is 0 Å². The molecule has 0 aliphatic rings. The van der Waals surface area contributed by atoms with Gasteiger partial charge in [-0.05, 0) is 29.1 Å². The second-order valence-corrected chi connectivity index (χ2v) is 5.11. The van der Waals surface area contributed by atoms with Gasteiger partial charge >= 0.3 is 15.4 Å². The first-order chi connectivity index (χ1) is 8.71. The van der Waals surface area contributed by atoms with Crippen LogP contribution in [0.15, 0.2) is 12.1 Å². The molecule has 0 amide bonds. The van der Waals surface area contributed by atoms with Gasteiger partial charge in [0.05, 0.1) is 12.7 Å². The molecule has 0 fully saturated rings. The van der Waals surface area contributed by atoms with Gasteiger partial charge in [-0.15, -0.1) is 0 Å². The van der Waals surface area contributed by atoms with E-state index in [4.69, 9.17) is 0 Å².